The molecule has 1 amide bonds. The van der Waals surface area contributed by atoms with Crippen LogP contribution < -0.4 is 5.32 Å². The van der Waals surface area contributed by atoms with Gasteiger partial charge in [0.25, 0.3) is 0 Å². The van der Waals surface area contributed by atoms with Gasteiger partial charge in [0.1, 0.15) is 30.5 Å². The van der Waals surface area contributed by atoms with Crippen LogP contribution in [-0.4, -0.2) is 107 Å². The first-order valence-electron chi connectivity index (χ1n) is 25.7. The average Bonchev–Trinajstić information content (AvgIpc) is 3.25. The topological polar surface area (TPSA) is 212 Å². The fourth-order valence-corrected chi connectivity index (χ4v) is 8.85. The molecule has 0 radical (unpaired) electrons. The highest BCUT2D eigenvalue weighted by Gasteiger charge is 2.48. The predicted molar refractivity (Wildman–Crippen MR) is 252 cm³/mol. The Labute approximate surface area is 383 Å². The molecular formula is C49H95NO12S. The quantitative estimate of drug-likeness (QED) is 0.0173. The van der Waals surface area contributed by atoms with Gasteiger partial charge >= 0.3 is 10.4 Å². The van der Waals surface area contributed by atoms with Crippen molar-refractivity contribution >= 4 is 16.3 Å². The van der Waals surface area contributed by atoms with E-state index in [1.165, 1.54) is 161 Å². The van der Waals surface area contributed by atoms with Gasteiger partial charge in [-0.1, -0.05) is 225 Å². The summed E-state index contributed by atoms with van der Waals surface area (Å²) in [5, 5.41) is 55.3. The number of carbonyl (C=O) groups excluding carboxylic acids is 1. The lowest BCUT2D eigenvalue weighted by molar-refractivity contribution is -0.298. The summed E-state index contributed by atoms with van der Waals surface area (Å²) in [6.07, 6.45) is 32.9. The van der Waals surface area contributed by atoms with Crippen molar-refractivity contribution in [3.63, 3.8) is 0 Å². The number of carbonyl (C=O) groups is 1. The number of nitrogens with one attached hydrogen (secondary N) is 1. The van der Waals surface area contributed by atoms with Crippen LogP contribution in [-0.2, 0) is 28.9 Å². The van der Waals surface area contributed by atoms with Crippen molar-refractivity contribution in [3.05, 3.63) is 12.2 Å². The van der Waals surface area contributed by atoms with Gasteiger partial charge in [-0.25, -0.2) is 4.18 Å². The van der Waals surface area contributed by atoms with E-state index in [2.05, 4.69) is 23.3 Å². The van der Waals surface area contributed by atoms with E-state index in [4.69, 9.17) is 9.47 Å². The van der Waals surface area contributed by atoms with Crippen LogP contribution in [0.5, 0.6) is 0 Å². The highest BCUT2D eigenvalue weighted by atomic mass is 32.3. The maximum absolute atomic E-state index is 13.1. The van der Waals surface area contributed by atoms with Crippen LogP contribution in [0.15, 0.2) is 12.2 Å². The Morgan fingerprint density at radius 1 is 0.635 bits per heavy atom. The summed E-state index contributed by atoms with van der Waals surface area (Å²) in [5.74, 6) is -0.699. The van der Waals surface area contributed by atoms with Crippen LogP contribution in [0.25, 0.3) is 0 Å². The Kier molecular flexibility index (Phi) is 37.9. The molecule has 0 aromatic carbocycles. The van der Waals surface area contributed by atoms with Gasteiger partial charge in [0.15, 0.2) is 6.29 Å². The molecular weight excluding hydrogens is 827 g/mol. The van der Waals surface area contributed by atoms with Crippen LogP contribution in [0.2, 0.25) is 0 Å². The van der Waals surface area contributed by atoms with Crippen LogP contribution >= 0.6 is 0 Å². The van der Waals surface area contributed by atoms with E-state index in [-0.39, 0.29) is 6.42 Å². The fourth-order valence-electron chi connectivity index (χ4n) is 8.34. The molecule has 0 spiro atoms. The first kappa shape index (κ1) is 59.8. The zero-order chi connectivity index (χ0) is 46.4. The van der Waals surface area contributed by atoms with Crippen molar-refractivity contribution in [3.8, 4) is 0 Å². The normalized spacial score (nSPS) is 20.9. The minimum atomic E-state index is -5.12. The maximum atomic E-state index is 13.1. The Bertz CT molecular complexity index is 1190. The van der Waals surface area contributed by atoms with Crippen LogP contribution in [0.4, 0.5) is 0 Å². The van der Waals surface area contributed by atoms with E-state index >= 15 is 0 Å². The summed E-state index contributed by atoms with van der Waals surface area (Å²) in [4.78, 5) is 13.1. The van der Waals surface area contributed by atoms with Crippen LogP contribution in [0.3, 0.4) is 0 Å². The number of aliphatic hydroxyl groups excluding tert-OH is 5. The Morgan fingerprint density at radius 3 is 1.43 bits per heavy atom. The molecule has 0 aliphatic carbocycles. The summed E-state index contributed by atoms with van der Waals surface area (Å²) in [7, 11) is -5.12. The number of hydrogen-bond donors (Lipinski definition) is 7. The van der Waals surface area contributed by atoms with Gasteiger partial charge in [0.2, 0.25) is 5.91 Å². The number of amides is 1. The molecule has 1 saturated heterocycles. The highest BCUT2D eigenvalue weighted by Crippen LogP contribution is 2.26. The first-order chi connectivity index (χ1) is 30.4. The molecule has 0 bridgehead atoms. The van der Waals surface area contributed by atoms with Gasteiger partial charge in [-0.05, 0) is 19.3 Å². The SMILES string of the molecule is CCCCCCCCCCCCCCCCCCCCC/C=C/C(O)C(COC1OC(CO)C(O)C(OS(=O)(=O)O)C1O)NC(=O)C(O)CCCCCCCCCCCCCCC. The molecule has 1 rings (SSSR count). The van der Waals surface area contributed by atoms with Crippen molar-refractivity contribution in [1.82, 2.24) is 5.32 Å². The molecule has 8 atom stereocenters. The summed E-state index contributed by atoms with van der Waals surface area (Å²) in [6.45, 7) is 3.24. The van der Waals surface area contributed by atoms with Gasteiger partial charge in [-0.3, -0.25) is 9.35 Å². The molecule has 0 aromatic heterocycles. The third-order valence-electron chi connectivity index (χ3n) is 12.4. The van der Waals surface area contributed by atoms with Crippen molar-refractivity contribution < 1.29 is 57.0 Å². The van der Waals surface area contributed by atoms with Gasteiger partial charge in [-0.15, -0.1) is 0 Å². The van der Waals surface area contributed by atoms with Gasteiger partial charge in [0, 0.05) is 0 Å². The Morgan fingerprint density at radius 2 is 1.03 bits per heavy atom. The molecule has 8 unspecified atom stereocenters. The largest absolute Gasteiger partial charge is 0.397 e. The zero-order valence-corrected chi connectivity index (χ0v) is 40.6. The minimum absolute atomic E-state index is 0.248. The monoisotopic (exact) mass is 922 g/mol. The Balaban J connectivity index is 2.50. The predicted octanol–water partition coefficient (Wildman–Crippen LogP) is 9.70. The third-order valence-corrected chi connectivity index (χ3v) is 12.9. The van der Waals surface area contributed by atoms with Crippen LogP contribution in [0.1, 0.15) is 232 Å². The standard InChI is InChI=1S/C49H95NO12S/c1-3-5-7-9-11-13-15-17-18-19-20-21-22-23-24-26-27-29-31-33-35-37-42(52)41(40-60-49-46(55)47(62-63(57,58)59)45(54)44(39-51)61-49)50-48(56)43(53)38-36-34-32-30-28-25-16-14-12-10-8-6-4-2/h35,37,41-47,49,51-55H,3-34,36,38-40H2,1-2H3,(H,50,56)(H,57,58,59)/b37-35+. The molecule has 374 valence electrons. The molecule has 63 heavy (non-hydrogen) atoms. The fraction of sp³-hybridized carbons (Fsp3) is 0.939. The van der Waals surface area contributed by atoms with Crippen molar-refractivity contribution in [1.29, 1.82) is 0 Å². The van der Waals surface area contributed by atoms with Gasteiger partial charge < -0.3 is 40.3 Å². The summed E-state index contributed by atoms with van der Waals surface area (Å²) in [6, 6.07) is -1.11. The lowest BCUT2D eigenvalue weighted by atomic mass is 9.99. The summed E-state index contributed by atoms with van der Waals surface area (Å²) >= 11 is 0. The first-order valence-corrected chi connectivity index (χ1v) is 27.0. The Hall–Kier alpha value is -1.20. The lowest BCUT2D eigenvalue weighted by Gasteiger charge is -2.41. The second-order valence-electron chi connectivity index (χ2n) is 18.3. The van der Waals surface area contributed by atoms with E-state index in [1.54, 1.807) is 6.08 Å². The van der Waals surface area contributed by atoms with E-state index in [9.17, 15) is 43.3 Å². The van der Waals surface area contributed by atoms with Gasteiger partial charge in [-0.2, -0.15) is 8.42 Å². The summed E-state index contributed by atoms with van der Waals surface area (Å²) in [5.41, 5.74) is 0. The smallest absolute Gasteiger partial charge is 0.394 e. The molecule has 1 fully saturated rings. The summed E-state index contributed by atoms with van der Waals surface area (Å²) < 4.78 is 47.6. The van der Waals surface area contributed by atoms with Crippen molar-refractivity contribution in [2.45, 2.75) is 281 Å². The van der Waals surface area contributed by atoms with Crippen LogP contribution in [0, 0.1) is 0 Å². The molecule has 7 N–H and O–H groups in total. The molecule has 13 nitrogen and oxygen atoms in total. The third kappa shape index (κ3) is 32.2. The van der Waals surface area contributed by atoms with E-state index < -0.39 is 78.5 Å². The number of ether oxygens (including phenoxy) is 2. The number of hydrogen-bond acceptors (Lipinski definition) is 11. The van der Waals surface area contributed by atoms with E-state index in [1.807, 2.05) is 6.08 Å². The number of unbranched alkanes of at least 4 members (excludes halogenated alkanes) is 31. The van der Waals surface area contributed by atoms with Crippen molar-refractivity contribution in [2.24, 2.45) is 0 Å². The van der Waals surface area contributed by atoms with Gasteiger partial charge in [0.05, 0.1) is 25.4 Å². The van der Waals surface area contributed by atoms with E-state index in [0.29, 0.717) is 12.8 Å². The number of allylic oxidation sites excluding steroid dienone is 1. The lowest BCUT2D eigenvalue weighted by Crippen LogP contribution is -2.61. The molecule has 0 saturated carbocycles. The second kappa shape index (κ2) is 39.9. The average molecular weight is 922 g/mol. The maximum Gasteiger partial charge on any atom is 0.397 e. The minimum Gasteiger partial charge on any atom is -0.394 e. The number of aliphatic hydroxyl groups is 5. The molecule has 1 heterocycles. The van der Waals surface area contributed by atoms with Crippen molar-refractivity contribution in [2.75, 3.05) is 13.2 Å². The number of rotatable bonds is 44. The highest BCUT2D eigenvalue weighted by molar-refractivity contribution is 7.80. The molecule has 14 heteroatoms. The molecule has 0 aromatic rings. The molecule has 1 aliphatic rings. The second-order valence-corrected chi connectivity index (χ2v) is 19.3. The zero-order valence-electron chi connectivity index (χ0n) is 39.8. The van der Waals surface area contributed by atoms with E-state index in [0.717, 1.165) is 38.5 Å². The molecule has 1 aliphatic heterocycles.